The van der Waals surface area contributed by atoms with E-state index < -0.39 is 12.1 Å². The molecular formula is C12H10ClNO4. The lowest BCUT2D eigenvalue weighted by atomic mass is 10.1. The van der Waals surface area contributed by atoms with Gasteiger partial charge in [-0.3, -0.25) is 0 Å². The molecule has 0 unspecified atom stereocenters. The van der Waals surface area contributed by atoms with Crippen molar-refractivity contribution in [2.45, 2.75) is 13.0 Å². The van der Waals surface area contributed by atoms with Crippen LogP contribution in [0.1, 0.15) is 6.92 Å². The van der Waals surface area contributed by atoms with Gasteiger partial charge < -0.3 is 14.3 Å². The quantitative estimate of drug-likeness (QED) is 0.922. The Morgan fingerprint density at radius 1 is 1.56 bits per heavy atom. The van der Waals surface area contributed by atoms with Crippen LogP contribution in [0.5, 0.6) is 5.75 Å². The molecule has 0 radical (unpaired) electrons. The van der Waals surface area contributed by atoms with E-state index in [4.69, 9.17) is 25.9 Å². The number of hydrogen-bond donors (Lipinski definition) is 1. The van der Waals surface area contributed by atoms with Crippen molar-refractivity contribution in [1.82, 2.24) is 4.98 Å². The summed E-state index contributed by atoms with van der Waals surface area (Å²) >= 11 is 5.90. The van der Waals surface area contributed by atoms with Crippen molar-refractivity contribution in [1.29, 1.82) is 0 Å². The van der Waals surface area contributed by atoms with Gasteiger partial charge in [0.1, 0.15) is 17.7 Å². The highest BCUT2D eigenvalue weighted by molar-refractivity contribution is 6.30. The van der Waals surface area contributed by atoms with Crippen LogP contribution in [-0.4, -0.2) is 22.2 Å². The molecule has 0 amide bonds. The molecule has 1 aromatic carbocycles. The van der Waals surface area contributed by atoms with E-state index in [9.17, 15) is 4.79 Å². The third kappa shape index (κ3) is 2.62. The molecule has 1 atom stereocenters. The fourth-order valence-electron chi connectivity index (χ4n) is 1.39. The molecule has 0 aliphatic carbocycles. The number of carboxylic acid groups (broad SMARTS) is 1. The Balaban J connectivity index is 2.38. The van der Waals surface area contributed by atoms with Gasteiger partial charge in [-0.05, 0) is 25.1 Å². The number of rotatable bonds is 4. The number of benzene rings is 1. The molecule has 0 saturated carbocycles. The monoisotopic (exact) mass is 267 g/mol. The van der Waals surface area contributed by atoms with Crippen LogP contribution in [0.3, 0.4) is 0 Å². The van der Waals surface area contributed by atoms with Crippen LogP contribution < -0.4 is 4.74 Å². The molecule has 0 saturated heterocycles. The summed E-state index contributed by atoms with van der Waals surface area (Å²) in [7, 11) is 0. The summed E-state index contributed by atoms with van der Waals surface area (Å²) in [6.45, 7) is 1.45. The van der Waals surface area contributed by atoms with E-state index in [1.54, 1.807) is 18.2 Å². The number of aliphatic carboxylic acids is 1. The highest BCUT2D eigenvalue weighted by Gasteiger charge is 2.16. The van der Waals surface area contributed by atoms with E-state index in [1.807, 2.05) is 0 Å². The first-order valence-corrected chi connectivity index (χ1v) is 5.53. The maximum absolute atomic E-state index is 10.8. The molecule has 0 aliphatic rings. The Kier molecular flexibility index (Phi) is 3.53. The second kappa shape index (κ2) is 5.10. The minimum Gasteiger partial charge on any atom is -0.479 e. The van der Waals surface area contributed by atoms with Crippen LogP contribution in [0, 0.1) is 0 Å². The fourth-order valence-corrected chi connectivity index (χ4v) is 1.56. The van der Waals surface area contributed by atoms with E-state index in [1.165, 1.54) is 19.6 Å². The smallest absolute Gasteiger partial charge is 0.344 e. The van der Waals surface area contributed by atoms with E-state index in [2.05, 4.69) is 4.98 Å². The molecule has 1 heterocycles. The van der Waals surface area contributed by atoms with Gasteiger partial charge in [-0.25, -0.2) is 9.78 Å². The lowest BCUT2D eigenvalue weighted by Gasteiger charge is -2.13. The number of ether oxygens (including phenoxy) is 1. The second-order valence-corrected chi connectivity index (χ2v) is 4.05. The van der Waals surface area contributed by atoms with Crippen LogP contribution in [-0.2, 0) is 4.79 Å². The van der Waals surface area contributed by atoms with Crippen LogP contribution in [0.2, 0.25) is 5.02 Å². The molecular weight excluding hydrogens is 258 g/mol. The lowest BCUT2D eigenvalue weighted by molar-refractivity contribution is -0.144. The average Bonchev–Trinajstić information content (AvgIpc) is 2.84. The maximum atomic E-state index is 10.8. The molecule has 1 aromatic heterocycles. The molecule has 2 rings (SSSR count). The summed E-state index contributed by atoms with van der Waals surface area (Å²) in [6, 6.07) is 4.87. The predicted molar refractivity (Wildman–Crippen MR) is 64.7 cm³/mol. The molecule has 1 N–H and O–H groups in total. The first-order chi connectivity index (χ1) is 8.58. The first kappa shape index (κ1) is 12.4. The zero-order valence-corrected chi connectivity index (χ0v) is 10.2. The first-order valence-electron chi connectivity index (χ1n) is 5.15. The average molecular weight is 268 g/mol. The Bertz CT molecular complexity index is 553. The van der Waals surface area contributed by atoms with Crippen molar-refractivity contribution in [3.05, 3.63) is 35.9 Å². The summed E-state index contributed by atoms with van der Waals surface area (Å²) < 4.78 is 10.2. The molecule has 0 bridgehead atoms. The van der Waals surface area contributed by atoms with E-state index >= 15 is 0 Å². The van der Waals surface area contributed by atoms with Crippen molar-refractivity contribution in [2.24, 2.45) is 0 Å². The highest BCUT2D eigenvalue weighted by Crippen LogP contribution is 2.32. The van der Waals surface area contributed by atoms with Crippen molar-refractivity contribution in [2.75, 3.05) is 0 Å². The molecule has 0 spiro atoms. The number of aromatic nitrogens is 1. The molecule has 94 valence electrons. The second-order valence-electron chi connectivity index (χ2n) is 3.61. The Hall–Kier alpha value is -2.01. The van der Waals surface area contributed by atoms with E-state index in [0.717, 1.165) is 0 Å². The highest BCUT2D eigenvalue weighted by atomic mass is 35.5. The fraction of sp³-hybridized carbons (Fsp3) is 0.167. The van der Waals surface area contributed by atoms with Crippen LogP contribution in [0.4, 0.5) is 0 Å². The molecule has 18 heavy (non-hydrogen) atoms. The summed E-state index contributed by atoms with van der Waals surface area (Å²) in [5.74, 6) is -0.653. The van der Waals surface area contributed by atoms with Crippen LogP contribution in [0.15, 0.2) is 35.3 Å². The van der Waals surface area contributed by atoms with Crippen molar-refractivity contribution >= 4 is 17.6 Å². The van der Waals surface area contributed by atoms with Crippen LogP contribution in [0.25, 0.3) is 11.3 Å². The number of nitrogens with zero attached hydrogens (tertiary/aromatic N) is 1. The number of carboxylic acids is 1. The van der Waals surface area contributed by atoms with Gasteiger partial charge in [0.25, 0.3) is 0 Å². The number of hydrogen-bond acceptors (Lipinski definition) is 4. The summed E-state index contributed by atoms with van der Waals surface area (Å²) in [6.07, 6.45) is 1.75. The number of halogens is 1. The third-order valence-electron chi connectivity index (χ3n) is 2.30. The van der Waals surface area contributed by atoms with E-state index in [-0.39, 0.29) is 0 Å². The molecule has 6 heteroatoms. The standard InChI is InChI=1S/C12H10ClNO4/c1-7(12(15)16)18-11-3-2-8(13)4-9(11)10-5-17-6-14-10/h2-7H,1H3,(H,15,16)/t7-/m0/s1. The predicted octanol–water partition coefficient (Wildman–Crippen LogP) is 2.85. The zero-order valence-electron chi connectivity index (χ0n) is 9.46. The van der Waals surface area contributed by atoms with Gasteiger partial charge in [-0.1, -0.05) is 11.6 Å². The zero-order chi connectivity index (χ0) is 13.1. The van der Waals surface area contributed by atoms with Gasteiger partial charge in [0.15, 0.2) is 12.5 Å². The van der Waals surface area contributed by atoms with Crippen molar-refractivity contribution in [3.8, 4) is 17.0 Å². The minimum absolute atomic E-state index is 0.392. The summed E-state index contributed by atoms with van der Waals surface area (Å²) in [5.41, 5.74) is 1.12. The van der Waals surface area contributed by atoms with Gasteiger partial charge in [0, 0.05) is 10.6 Å². The van der Waals surface area contributed by atoms with Gasteiger partial charge in [0.2, 0.25) is 0 Å². The summed E-state index contributed by atoms with van der Waals surface area (Å²) in [4.78, 5) is 14.8. The van der Waals surface area contributed by atoms with Gasteiger partial charge in [-0.2, -0.15) is 0 Å². The molecule has 2 aromatic rings. The van der Waals surface area contributed by atoms with Gasteiger partial charge in [0.05, 0.1) is 0 Å². The van der Waals surface area contributed by atoms with E-state index in [0.29, 0.717) is 22.0 Å². The van der Waals surface area contributed by atoms with Gasteiger partial charge in [-0.15, -0.1) is 0 Å². The van der Waals surface area contributed by atoms with Crippen molar-refractivity contribution < 1.29 is 19.1 Å². The third-order valence-corrected chi connectivity index (χ3v) is 2.54. The minimum atomic E-state index is -1.05. The largest absolute Gasteiger partial charge is 0.479 e. The molecule has 5 nitrogen and oxygen atoms in total. The maximum Gasteiger partial charge on any atom is 0.344 e. The number of carbonyl (C=O) groups is 1. The normalized spacial score (nSPS) is 12.1. The van der Waals surface area contributed by atoms with Crippen LogP contribution >= 0.6 is 11.6 Å². The van der Waals surface area contributed by atoms with Crippen molar-refractivity contribution in [3.63, 3.8) is 0 Å². The summed E-state index contributed by atoms with van der Waals surface area (Å²) in [5, 5.41) is 9.34. The number of oxazole rings is 1. The lowest BCUT2D eigenvalue weighted by Crippen LogP contribution is -2.23. The van der Waals surface area contributed by atoms with Gasteiger partial charge >= 0.3 is 5.97 Å². The molecule has 0 aliphatic heterocycles. The Morgan fingerprint density at radius 3 is 2.94 bits per heavy atom. The Morgan fingerprint density at radius 2 is 2.33 bits per heavy atom. The topological polar surface area (TPSA) is 72.6 Å². The SMILES string of the molecule is C[C@H](Oc1ccc(Cl)cc1-c1cocn1)C(=O)O. The molecule has 0 fully saturated rings. The Labute approximate surface area is 108 Å².